The molecule has 1 amide bonds. The molecular weight excluding hydrogens is 280 g/mol. The van der Waals surface area contributed by atoms with Crippen molar-refractivity contribution >= 4 is 6.09 Å². The molecule has 0 bridgehead atoms. The van der Waals surface area contributed by atoms with Crippen LogP contribution in [0.2, 0.25) is 0 Å². The fourth-order valence-electron chi connectivity index (χ4n) is 2.76. The number of hydrogen-bond acceptors (Lipinski definition) is 4. The number of aliphatic hydroxyl groups excluding tert-OH is 1. The Kier molecular flexibility index (Phi) is 4.78. The maximum atomic E-state index is 12.5. The number of hydrogen-bond donors (Lipinski definition) is 2. The molecule has 0 unspecified atom stereocenters. The molecule has 5 heteroatoms. The van der Waals surface area contributed by atoms with Gasteiger partial charge in [-0.2, -0.15) is 0 Å². The third-order valence-corrected chi connectivity index (χ3v) is 3.85. The van der Waals surface area contributed by atoms with Crippen LogP contribution in [0.3, 0.4) is 0 Å². The monoisotopic (exact) mass is 306 g/mol. The highest BCUT2D eigenvalue weighted by Gasteiger charge is 2.36. The Labute approximate surface area is 132 Å². The highest BCUT2D eigenvalue weighted by Crippen LogP contribution is 2.27. The van der Waals surface area contributed by atoms with Gasteiger partial charge in [-0.3, -0.25) is 4.90 Å². The predicted octanol–water partition coefficient (Wildman–Crippen LogP) is 1.98. The molecule has 5 nitrogen and oxygen atoms in total. The zero-order chi connectivity index (χ0) is 16.5. The van der Waals surface area contributed by atoms with Gasteiger partial charge < -0.3 is 15.6 Å². The summed E-state index contributed by atoms with van der Waals surface area (Å²) in [7, 11) is 0. The number of aliphatic hydroxyl groups is 1. The topological polar surface area (TPSA) is 75.8 Å². The quantitative estimate of drug-likeness (QED) is 0.876. The summed E-state index contributed by atoms with van der Waals surface area (Å²) in [4.78, 5) is 14.1. The van der Waals surface area contributed by atoms with Gasteiger partial charge in [0.05, 0.1) is 12.1 Å². The Bertz CT molecular complexity index is 551. The van der Waals surface area contributed by atoms with Crippen LogP contribution in [0.25, 0.3) is 0 Å². The van der Waals surface area contributed by atoms with Gasteiger partial charge in [0.15, 0.2) is 0 Å². The molecule has 0 aromatic heterocycles. The van der Waals surface area contributed by atoms with Crippen LogP contribution in [0.1, 0.15) is 37.5 Å². The average Bonchev–Trinajstić information content (AvgIpc) is 2.43. The molecule has 1 aliphatic heterocycles. The van der Waals surface area contributed by atoms with Crippen LogP contribution in [-0.4, -0.2) is 40.4 Å². The molecule has 0 saturated heterocycles. The van der Waals surface area contributed by atoms with E-state index < -0.39 is 17.8 Å². The smallest absolute Gasteiger partial charge is 0.410 e. The summed E-state index contributed by atoms with van der Waals surface area (Å²) < 4.78 is 5.48. The molecule has 0 spiro atoms. The minimum Gasteiger partial charge on any atom is -0.444 e. The van der Waals surface area contributed by atoms with Crippen molar-refractivity contribution in [1.82, 2.24) is 4.90 Å². The van der Waals surface area contributed by atoms with Crippen LogP contribution in [0.4, 0.5) is 4.79 Å². The molecule has 0 radical (unpaired) electrons. The second kappa shape index (κ2) is 6.26. The third kappa shape index (κ3) is 3.78. The Hall–Kier alpha value is -1.59. The highest BCUT2D eigenvalue weighted by molar-refractivity contribution is 5.69. The number of aryl methyl sites for hydroxylation is 1. The van der Waals surface area contributed by atoms with Crippen molar-refractivity contribution in [2.75, 3.05) is 6.54 Å². The number of carbonyl (C=O) groups excluding carboxylic acids is 1. The predicted molar refractivity (Wildman–Crippen MR) is 85.5 cm³/mol. The minimum atomic E-state index is -0.763. The number of benzene rings is 1. The lowest BCUT2D eigenvalue weighted by Gasteiger charge is -2.39. The summed E-state index contributed by atoms with van der Waals surface area (Å²) >= 11 is 0. The maximum absolute atomic E-state index is 12.5. The van der Waals surface area contributed by atoms with Crippen molar-refractivity contribution in [2.24, 2.45) is 5.73 Å². The van der Waals surface area contributed by atoms with E-state index in [2.05, 4.69) is 6.07 Å². The largest absolute Gasteiger partial charge is 0.444 e. The lowest BCUT2D eigenvalue weighted by atomic mass is 9.90. The van der Waals surface area contributed by atoms with E-state index in [1.54, 1.807) is 4.90 Å². The third-order valence-electron chi connectivity index (χ3n) is 3.85. The molecule has 0 saturated carbocycles. The van der Waals surface area contributed by atoms with E-state index in [0.717, 1.165) is 11.1 Å². The number of nitrogens with zero attached hydrogens (tertiary/aromatic N) is 1. The second-order valence-electron chi connectivity index (χ2n) is 6.95. The van der Waals surface area contributed by atoms with Crippen LogP contribution < -0.4 is 5.73 Å². The maximum Gasteiger partial charge on any atom is 0.410 e. The fourth-order valence-corrected chi connectivity index (χ4v) is 2.76. The van der Waals surface area contributed by atoms with Crippen molar-refractivity contribution in [3.8, 4) is 0 Å². The molecule has 2 rings (SSSR count). The van der Waals surface area contributed by atoms with E-state index in [4.69, 9.17) is 10.5 Å². The van der Waals surface area contributed by atoms with Crippen LogP contribution in [0.15, 0.2) is 18.2 Å². The molecular formula is C17H26N2O3. The summed E-state index contributed by atoms with van der Waals surface area (Å²) in [5, 5.41) is 10.2. The SMILES string of the molecule is Cc1ccc2c(c1)C[C@@H]([C@H](O)CN)N(C(=O)OC(C)(C)C)C2. The summed E-state index contributed by atoms with van der Waals surface area (Å²) in [6, 6.07) is 5.82. The number of amides is 1. The Morgan fingerprint density at radius 1 is 1.45 bits per heavy atom. The van der Waals surface area contributed by atoms with E-state index in [9.17, 15) is 9.90 Å². The fraction of sp³-hybridized carbons (Fsp3) is 0.588. The van der Waals surface area contributed by atoms with Crippen molar-refractivity contribution in [1.29, 1.82) is 0 Å². The van der Waals surface area contributed by atoms with E-state index in [1.807, 2.05) is 39.8 Å². The lowest BCUT2D eigenvalue weighted by molar-refractivity contribution is -0.0101. The molecule has 0 aliphatic carbocycles. The zero-order valence-electron chi connectivity index (χ0n) is 13.8. The van der Waals surface area contributed by atoms with Gasteiger partial charge in [0.2, 0.25) is 0 Å². The lowest BCUT2D eigenvalue weighted by Crippen LogP contribution is -2.53. The van der Waals surface area contributed by atoms with Crippen LogP contribution in [-0.2, 0) is 17.7 Å². The highest BCUT2D eigenvalue weighted by atomic mass is 16.6. The van der Waals surface area contributed by atoms with Crippen LogP contribution >= 0.6 is 0 Å². The number of ether oxygens (including phenoxy) is 1. The van der Waals surface area contributed by atoms with Gasteiger partial charge in [0.1, 0.15) is 5.60 Å². The number of nitrogens with two attached hydrogens (primary N) is 1. The van der Waals surface area contributed by atoms with Crippen molar-refractivity contribution in [3.63, 3.8) is 0 Å². The number of fused-ring (bicyclic) bond motifs is 1. The Morgan fingerprint density at radius 3 is 2.73 bits per heavy atom. The van der Waals surface area contributed by atoms with E-state index in [0.29, 0.717) is 13.0 Å². The van der Waals surface area contributed by atoms with Gasteiger partial charge in [-0.25, -0.2) is 4.79 Å². The summed E-state index contributed by atoms with van der Waals surface area (Å²) in [5.74, 6) is 0. The summed E-state index contributed by atoms with van der Waals surface area (Å²) in [6.45, 7) is 8.09. The van der Waals surface area contributed by atoms with Crippen LogP contribution in [0.5, 0.6) is 0 Å². The molecule has 1 aromatic carbocycles. The Morgan fingerprint density at radius 2 is 2.14 bits per heavy atom. The minimum absolute atomic E-state index is 0.116. The normalized spacial score (nSPS) is 19.5. The molecule has 1 aromatic rings. The molecule has 1 aliphatic rings. The number of rotatable bonds is 2. The molecule has 22 heavy (non-hydrogen) atoms. The standard InChI is InChI=1S/C17H26N2O3/c1-11-5-6-12-10-19(16(21)22-17(2,3)4)14(15(20)9-18)8-13(12)7-11/h5-7,14-15,20H,8-10,18H2,1-4H3/t14-,15+/m0/s1. The average molecular weight is 306 g/mol. The molecule has 3 N–H and O–H groups in total. The van der Waals surface area contributed by atoms with Crippen molar-refractivity contribution in [2.45, 2.75) is 58.4 Å². The molecule has 0 fully saturated rings. The Balaban J connectivity index is 2.29. The summed E-state index contributed by atoms with van der Waals surface area (Å²) in [6.07, 6.45) is -0.577. The van der Waals surface area contributed by atoms with E-state index in [-0.39, 0.29) is 12.6 Å². The van der Waals surface area contributed by atoms with Crippen molar-refractivity contribution in [3.05, 3.63) is 34.9 Å². The van der Waals surface area contributed by atoms with Gasteiger partial charge in [0.25, 0.3) is 0 Å². The van der Waals surface area contributed by atoms with E-state index in [1.165, 1.54) is 5.56 Å². The van der Waals surface area contributed by atoms with E-state index >= 15 is 0 Å². The van der Waals surface area contributed by atoms with Crippen LogP contribution in [0, 0.1) is 6.92 Å². The first-order valence-corrected chi connectivity index (χ1v) is 7.67. The van der Waals surface area contributed by atoms with Gasteiger partial charge in [-0.1, -0.05) is 23.8 Å². The molecule has 2 atom stereocenters. The summed E-state index contributed by atoms with van der Waals surface area (Å²) in [5.41, 5.74) is 8.48. The van der Waals surface area contributed by atoms with Gasteiger partial charge in [-0.15, -0.1) is 0 Å². The van der Waals surface area contributed by atoms with Gasteiger partial charge in [-0.05, 0) is 45.2 Å². The first kappa shape index (κ1) is 16.8. The first-order valence-electron chi connectivity index (χ1n) is 7.67. The zero-order valence-corrected chi connectivity index (χ0v) is 13.8. The second-order valence-corrected chi connectivity index (χ2v) is 6.95. The van der Waals surface area contributed by atoms with Gasteiger partial charge >= 0.3 is 6.09 Å². The van der Waals surface area contributed by atoms with Gasteiger partial charge in [0, 0.05) is 13.1 Å². The molecule has 1 heterocycles. The molecule has 122 valence electrons. The first-order chi connectivity index (χ1) is 10.2. The number of carbonyl (C=O) groups is 1. The van der Waals surface area contributed by atoms with Crippen molar-refractivity contribution < 1.29 is 14.6 Å².